The van der Waals surface area contributed by atoms with Gasteiger partial charge in [-0.15, -0.1) is 0 Å². The van der Waals surface area contributed by atoms with Crippen LogP contribution in [0, 0.1) is 6.92 Å². The highest BCUT2D eigenvalue weighted by molar-refractivity contribution is 5.95. The Kier molecular flexibility index (Phi) is 4.61. The molecule has 1 heterocycles. The van der Waals surface area contributed by atoms with E-state index in [2.05, 4.69) is 25.5 Å². The van der Waals surface area contributed by atoms with Gasteiger partial charge in [0.2, 0.25) is 5.82 Å². The molecule has 26 heavy (non-hydrogen) atoms. The molecule has 9 heteroatoms. The van der Waals surface area contributed by atoms with E-state index in [0.717, 1.165) is 11.3 Å². The first-order valence-electron chi connectivity index (χ1n) is 7.48. The topological polar surface area (TPSA) is 80.0 Å². The van der Waals surface area contributed by atoms with Crippen LogP contribution in [-0.4, -0.2) is 16.0 Å². The number of halogens is 3. The van der Waals surface area contributed by atoms with Gasteiger partial charge in [-0.25, -0.2) is 0 Å². The number of anilines is 1. The zero-order valence-corrected chi connectivity index (χ0v) is 13.5. The van der Waals surface area contributed by atoms with Crippen LogP contribution < -0.4 is 10.9 Å². The number of alkyl halides is 3. The first-order chi connectivity index (χ1) is 12.3. The second-order valence-electron chi connectivity index (χ2n) is 5.39. The Hall–Kier alpha value is -3.36. The number of hydrogen-bond donors (Lipinski definition) is 2. The number of rotatable bonds is 4. The summed E-state index contributed by atoms with van der Waals surface area (Å²) in [7, 11) is 0. The van der Waals surface area contributed by atoms with Crippen molar-refractivity contribution in [3.8, 4) is 11.4 Å². The lowest BCUT2D eigenvalue weighted by atomic mass is 10.1. The van der Waals surface area contributed by atoms with Gasteiger partial charge < -0.3 is 4.52 Å². The van der Waals surface area contributed by atoms with Crippen molar-refractivity contribution in [3.63, 3.8) is 0 Å². The van der Waals surface area contributed by atoms with Gasteiger partial charge in [-0.1, -0.05) is 35.5 Å². The summed E-state index contributed by atoms with van der Waals surface area (Å²) in [6.45, 7) is 1.89. The number of para-hydroxylation sites is 1. The number of hydrazine groups is 1. The molecule has 3 rings (SSSR count). The minimum atomic E-state index is -4.70. The van der Waals surface area contributed by atoms with E-state index < -0.39 is 18.0 Å². The van der Waals surface area contributed by atoms with Crippen LogP contribution >= 0.6 is 0 Å². The summed E-state index contributed by atoms with van der Waals surface area (Å²) in [5.41, 5.74) is 7.69. The molecule has 0 bridgehead atoms. The number of aryl methyl sites for hydroxylation is 1. The molecular weight excluding hydrogens is 349 g/mol. The molecule has 6 nitrogen and oxygen atoms in total. The van der Waals surface area contributed by atoms with Gasteiger partial charge in [-0.05, 0) is 30.7 Å². The number of benzene rings is 2. The third-order valence-corrected chi connectivity index (χ3v) is 3.53. The molecule has 0 saturated heterocycles. The average Bonchev–Trinajstić information content (AvgIpc) is 3.11. The van der Waals surface area contributed by atoms with Crippen LogP contribution in [0.2, 0.25) is 0 Å². The van der Waals surface area contributed by atoms with E-state index in [1.165, 1.54) is 24.3 Å². The van der Waals surface area contributed by atoms with Crippen LogP contribution in [0.25, 0.3) is 11.4 Å². The standard InChI is InChI=1S/C17H13F3N4O2/c1-10-4-2-3-5-13(10)22-23-15(25)12-8-6-11(7-9-12)14-21-16(26-24-14)17(18,19)20/h2-9,22H,1H3,(H,23,25). The molecule has 0 aliphatic heterocycles. The Labute approximate surface area is 146 Å². The molecule has 0 fully saturated rings. The predicted octanol–water partition coefficient (Wildman–Crippen LogP) is 3.82. The summed E-state index contributed by atoms with van der Waals surface area (Å²) in [5, 5.41) is 3.29. The molecule has 0 aliphatic rings. The largest absolute Gasteiger partial charge is 0.471 e. The van der Waals surface area contributed by atoms with E-state index in [1.807, 2.05) is 31.2 Å². The smallest absolute Gasteiger partial charge is 0.329 e. The van der Waals surface area contributed by atoms with Crippen LogP contribution in [0.1, 0.15) is 21.8 Å². The molecule has 0 saturated carbocycles. The zero-order chi connectivity index (χ0) is 18.7. The van der Waals surface area contributed by atoms with Crippen LogP contribution in [0.15, 0.2) is 53.1 Å². The molecule has 0 unspecified atom stereocenters. The SMILES string of the molecule is Cc1ccccc1NNC(=O)c1ccc(-c2noc(C(F)(F)F)n2)cc1. The summed E-state index contributed by atoms with van der Waals surface area (Å²) in [5.74, 6) is -2.03. The van der Waals surface area contributed by atoms with Crippen molar-refractivity contribution in [2.45, 2.75) is 13.1 Å². The summed E-state index contributed by atoms with van der Waals surface area (Å²) < 4.78 is 41.6. The van der Waals surface area contributed by atoms with Gasteiger partial charge in [0.05, 0.1) is 5.69 Å². The van der Waals surface area contributed by atoms with E-state index in [4.69, 9.17) is 0 Å². The highest BCUT2D eigenvalue weighted by Crippen LogP contribution is 2.29. The Morgan fingerprint density at radius 1 is 1.08 bits per heavy atom. The quantitative estimate of drug-likeness (QED) is 0.690. The molecule has 1 aromatic heterocycles. The first kappa shape index (κ1) is 17.5. The van der Waals surface area contributed by atoms with Crippen LogP contribution in [0.5, 0.6) is 0 Å². The molecule has 134 valence electrons. The number of hydrogen-bond acceptors (Lipinski definition) is 5. The summed E-state index contributed by atoms with van der Waals surface area (Å²) >= 11 is 0. The number of carbonyl (C=O) groups is 1. The third kappa shape index (κ3) is 3.82. The van der Waals surface area contributed by atoms with Gasteiger partial charge >= 0.3 is 12.1 Å². The minimum absolute atomic E-state index is 0.206. The maximum absolute atomic E-state index is 12.5. The molecular formula is C17H13F3N4O2. The van der Waals surface area contributed by atoms with E-state index in [0.29, 0.717) is 11.1 Å². The second kappa shape index (κ2) is 6.87. The maximum Gasteiger partial charge on any atom is 0.471 e. The van der Waals surface area contributed by atoms with Crippen molar-refractivity contribution >= 4 is 11.6 Å². The Morgan fingerprint density at radius 2 is 1.77 bits per heavy atom. The fourth-order valence-electron chi connectivity index (χ4n) is 2.14. The maximum atomic E-state index is 12.5. The average molecular weight is 362 g/mol. The van der Waals surface area contributed by atoms with E-state index in [1.54, 1.807) is 0 Å². The fraction of sp³-hybridized carbons (Fsp3) is 0.118. The second-order valence-corrected chi connectivity index (χ2v) is 5.39. The van der Waals surface area contributed by atoms with Gasteiger partial charge in [0.1, 0.15) is 0 Å². The van der Waals surface area contributed by atoms with Crippen molar-refractivity contribution in [1.82, 2.24) is 15.6 Å². The van der Waals surface area contributed by atoms with Crippen molar-refractivity contribution in [2.75, 3.05) is 5.43 Å². The highest BCUT2D eigenvalue weighted by atomic mass is 19.4. The molecule has 1 amide bonds. The molecule has 0 spiro atoms. The predicted molar refractivity (Wildman–Crippen MR) is 87.0 cm³/mol. The lowest BCUT2D eigenvalue weighted by molar-refractivity contribution is -0.159. The third-order valence-electron chi connectivity index (χ3n) is 3.53. The molecule has 0 radical (unpaired) electrons. The zero-order valence-electron chi connectivity index (χ0n) is 13.5. The number of carbonyl (C=O) groups excluding carboxylic acids is 1. The monoisotopic (exact) mass is 362 g/mol. The highest BCUT2D eigenvalue weighted by Gasteiger charge is 2.38. The van der Waals surface area contributed by atoms with Gasteiger partial charge in [-0.2, -0.15) is 18.2 Å². The van der Waals surface area contributed by atoms with Crippen LogP contribution in [0.4, 0.5) is 18.9 Å². The van der Waals surface area contributed by atoms with Crippen molar-refractivity contribution in [1.29, 1.82) is 0 Å². The first-order valence-corrected chi connectivity index (χ1v) is 7.48. The molecule has 3 aromatic rings. The van der Waals surface area contributed by atoms with Gasteiger partial charge in [0.25, 0.3) is 5.91 Å². The van der Waals surface area contributed by atoms with Gasteiger partial charge in [0, 0.05) is 11.1 Å². The molecule has 2 aromatic carbocycles. The van der Waals surface area contributed by atoms with Crippen molar-refractivity contribution in [2.24, 2.45) is 0 Å². The summed E-state index contributed by atoms with van der Waals surface area (Å²) in [6.07, 6.45) is -4.70. The normalized spacial score (nSPS) is 11.2. The lowest BCUT2D eigenvalue weighted by Gasteiger charge is -2.10. The molecule has 0 aliphatic carbocycles. The Bertz CT molecular complexity index is 920. The number of amides is 1. The van der Waals surface area contributed by atoms with E-state index >= 15 is 0 Å². The molecule has 2 N–H and O–H groups in total. The minimum Gasteiger partial charge on any atom is -0.329 e. The number of aromatic nitrogens is 2. The number of nitrogens with one attached hydrogen (secondary N) is 2. The number of nitrogens with zero attached hydrogens (tertiary/aromatic N) is 2. The van der Waals surface area contributed by atoms with Crippen LogP contribution in [0.3, 0.4) is 0 Å². The van der Waals surface area contributed by atoms with E-state index in [-0.39, 0.29) is 5.82 Å². The van der Waals surface area contributed by atoms with Gasteiger partial charge in [0.15, 0.2) is 0 Å². The summed E-state index contributed by atoms with van der Waals surface area (Å²) in [4.78, 5) is 15.4. The summed E-state index contributed by atoms with van der Waals surface area (Å²) in [6, 6.07) is 13.2. The van der Waals surface area contributed by atoms with Gasteiger partial charge in [-0.3, -0.25) is 15.6 Å². The fourth-order valence-corrected chi connectivity index (χ4v) is 2.14. The van der Waals surface area contributed by atoms with Crippen molar-refractivity contribution in [3.05, 3.63) is 65.5 Å². The Morgan fingerprint density at radius 3 is 2.38 bits per heavy atom. The Balaban J connectivity index is 1.68. The van der Waals surface area contributed by atoms with Crippen molar-refractivity contribution < 1.29 is 22.5 Å². The lowest BCUT2D eigenvalue weighted by Crippen LogP contribution is -2.29. The van der Waals surface area contributed by atoms with E-state index in [9.17, 15) is 18.0 Å². The molecule has 0 atom stereocenters. The van der Waals surface area contributed by atoms with Crippen LogP contribution in [-0.2, 0) is 6.18 Å².